The van der Waals surface area contributed by atoms with Crippen molar-refractivity contribution in [3.8, 4) is 0 Å². The minimum Gasteiger partial charge on any atom is -0.480 e. The van der Waals surface area contributed by atoms with Gasteiger partial charge in [0, 0.05) is 6.04 Å². The Morgan fingerprint density at radius 3 is 2.89 bits per heavy atom. The topological polar surface area (TPSA) is 109 Å². The molecule has 1 aromatic heterocycles. The Bertz CT molecular complexity index is 440. The van der Waals surface area contributed by atoms with Gasteiger partial charge in [0.15, 0.2) is 0 Å². The molecule has 2 amide bonds. The van der Waals surface area contributed by atoms with Crippen molar-refractivity contribution in [3.63, 3.8) is 0 Å². The van der Waals surface area contributed by atoms with Gasteiger partial charge in [-0.05, 0) is 19.3 Å². The van der Waals surface area contributed by atoms with Crippen molar-refractivity contribution in [2.24, 2.45) is 0 Å². The van der Waals surface area contributed by atoms with E-state index in [4.69, 9.17) is 5.11 Å². The summed E-state index contributed by atoms with van der Waals surface area (Å²) < 4.78 is 1.21. The molecule has 1 aliphatic carbocycles. The predicted octanol–water partition coefficient (Wildman–Crippen LogP) is -0.286. The second kappa shape index (κ2) is 5.48. The molecule has 0 aromatic carbocycles. The number of aliphatic carboxylic acids is 1. The minimum absolute atomic E-state index is 0.229. The average Bonchev–Trinajstić information content (AvgIpc) is 2.67. The normalized spacial score (nSPS) is 14.9. The van der Waals surface area contributed by atoms with E-state index >= 15 is 0 Å². The second-order valence-corrected chi connectivity index (χ2v) is 4.26. The Kier molecular flexibility index (Phi) is 3.75. The van der Waals surface area contributed by atoms with E-state index in [9.17, 15) is 9.59 Å². The first-order chi connectivity index (χ1) is 8.63. The molecule has 1 aliphatic rings. The summed E-state index contributed by atoms with van der Waals surface area (Å²) in [4.78, 5) is 21.9. The van der Waals surface area contributed by atoms with E-state index in [2.05, 4.69) is 20.9 Å². The Morgan fingerprint density at radius 2 is 2.28 bits per heavy atom. The number of carboxylic acid groups (broad SMARTS) is 1. The lowest BCUT2D eigenvalue weighted by atomic mass is 9.93. The summed E-state index contributed by atoms with van der Waals surface area (Å²) in [5.41, 5.74) is 0.528. The SMILES string of the molecule is O=C(O)Cn1cc(CNC(=O)NC2CCC2)nn1. The first-order valence-electron chi connectivity index (χ1n) is 5.78. The van der Waals surface area contributed by atoms with Crippen LogP contribution in [0.25, 0.3) is 0 Å². The monoisotopic (exact) mass is 253 g/mol. The van der Waals surface area contributed by atoms with Crippen LogP contribution in [0.5, 0.6) is 0 Å². The van der Waals surface area contributed by atoms with Gasteiger partial charge in [0.25, 0.3) is 0 Å². The molecule has 0 radical (unpaired) electrons. The zero-order valence-corrected chi connectivity index (χ0v) is 9.80. The Morgan fingerprint density at radius 1 is 1.50 bits per heavy atom. The van der Waals surface area contributed by atoms with Crippen molar-refractivity contribution in [3.05, 3.63) is 11.9 Å². The standard InChI is InChI=1S/C10H15N5O3/c16-9(17)6-15-5-8(13-14-15)4-11-10(18)12-7-2-1-3-7/h5,7H,1-4,6H2,(H,16,17)(H2,11,12,18). The van der Waals surface area contributed by atoms with Gasteiger partial charge in [-0.15, -0.1) is 5.10 Å². The lowest BCUT2D eigenvalue weighted by Gasteiger charge is -2.26. The Balaban J connectivity index is 1.73. The summed E-state index contributed by atoms with van der Waals surface area (Å²) in [6, 6.07) is 0.0557. The van der Waals surface area contributed by atoms with Crippen LogP contribution in [0, 0.1) is 0 Å². The molecule has 0 spiro atoms. The number of hydrogen-bond acceptors (Lipinski definition) is 4. The van der Waals surface area contributed by atoms with Crippen molar-refractivity contribution in [2.45, 2.75) is 38.4 Å². The van der Waals surface area contributed by atoms with Crippen LogP contribution in [0.1, 0.15) is 25.0 Å². The van der Waals surface area contributed by atoms with Crippen molar-refractivity contribution in [2.75, 3.05) is 0 Å². The molecule has 0 aliphatic heterocycles. The third kappa shape index (κ3) is 3.44. The summed E-state index contributed by atoms with van der Waals surface area (Å²) in [6.07, 6.45) is 4.72. The highest BCUT2D eigenvalue weighted by Gasteiger charge is 2.19. The Hall–Kier alpha value is -2.12. The lowest BCUT2D eigenvalue weighted by Crippen LogP contribution is -2.44. The molecular weight excluding hydrogens is 238 g/mol. The number of nitrogens with one attached hydrogen (secondary N) is 2. The smallest absolute Gasteiger partial charge is 0.325 e. The van der Waals surface area contributed by atoms with Crippen molar-refractivity contribution in [1.29, 1.82) is 0 Å². The number of hydrogen-bond donors (Lipinski definition) is 3. The molecular formula is C10H15N5O3. The number of amides is 2. The van der Waals surface area contributed by atoms with Crippen LogP contribution in [-0.4, -0.2) is 38.1 Å². The fourth-order valence-corrected chi connectivity index (χ4v) is 1.60. The van der Waals surface area contributed by atoms with Gasteiger partial charge in [0.05, 0.1) is 12.7 Å². The van der Waals surface area contributed by atoms with Gasteiger partial charge in [-0.25, -0.2) is 9.48 Å². The van der Waals surface area contributed by atoms with Crippen LogP contribution >= 0.6 is 0 Å². The van der Waals surface area contributed by atoms with E-state index in [0.29, 0.717) is 5.69 Å². The zero-order chi connectivity index (χ0) is 13.0. The Labute approximate surface area is 103 Å². The van der Waals surface area contributed by atoms with Gasteiger partial charge in [-0.3, -0.25) is 4.79 Å². The van der Waals surface area contributed by atoms with Crippen LogP contribution in [0.15, 0.2) is 6.20 Å². The molecule has 1 heterocycles. The molecule has 2 rings (SSSR count). The number of carboxylic acids is 1. The lowest BCUT2D eigenvalue weighted by molar-refractivity contribution is -0.137. The fourth-order valence-electron chi connectivity index (χ4n) is 1.60. The van der Waals surface area contributed by atoms with Crippen LogP contribution in [0.4, 0.5) is 4.79 Å². The maximum Gasteiger partial charge on any atom is 0.325 e. The van der Waals surface area contributed by atoms with Gasteiger partial charge >= 0.3 is 12.0 Å². The highest BCUT2D eigenvalue weighted by Crippen LogP contribution is 2.17. The molecule has 1 saturated carbocycles. The summed E-state index contributed by atoms with van der Waals surface area (Å²) in [5, 5.41) is 21.4. The van der Waals surface area contributed by atoms with Gasteiger partial charge in [0.2, 0.25) is 0 Å². The summed E-state index contributed by atoms with van der Waals surface area (Å²) >= 11 is 0. The van der Waals surface area contributed by atoms with E-state index < -0.39 is 5.97 Å². The molecule has 0 atom stereocenters. The number of urea groups is 1. The average molecular weight is 253 g/mol. The maximum absolute atomic E-state index is 11.4. The fraction of sp³-hybridized carbons (Fsp3) is 0.600. The van der Waals surface area contributed by atoms with Crippen LogP contribution in [0.3, 0.4) is 0 Å². The molecule has 1 fully saturated rings. The van der Waals surface area contributed by atoms with E-state index in [0.717, 1.165) is 19.3 Å². The van der Waals surface area contributed by atoms with Gasteiger partial charge in [-0.2, -0.15) is 0 Å². The summed E-state index contributed by atoms with van der Waals surface area (Å²) in [7, 11) is 0. The molecule has 8 nitrogen and oxygen atoms in total. The molecule has 0 bridgehead atoms. The van der Waals surface area contributed by atoms with Gasteiger partial charge < -0.3 is 15.7 Å². The third-order valence-corrected chi connectivity index (χ3v) is 2.75. The summed E-state index contributed by atoms with van der Waals surface area (Å²) in [5.74, 6) is -0.984. The molecule has 0 unspecified atom stereocenters. The summed E-state index contributed by atoms with van der Waals surface area (Å²) in [6.45, 7) is -0.000553. The number of nitrogens with zero attached hydrogens (tertiary/aromatic N) is 3. The second-order valence-electron chi connectivity index (χ2n) is 4.26. The largest absolute Gasteiger partial charge is 0.480 e. The van der Waals surface area contributed by atoms with Crippen LogP contribution in [0.2, 0.25) is 0 Å². The number of carbonyl (C=O) groups is 2. The quantitative estimate of drug-likeness (QED) is 0.668. The van der Waals surface area contributed by atoms with E-state index in [-0.39, 0.29) is 25.2 Å². The van der Waals surface area contributed by atoms with Gasteiger partial charge in [-0.1, -0.05) is 5.21 Å². The molecule has 1 aromatic rings. The first kappa shape index (κ1) is 12.3. The molecule has 98 valence electrons. The number of aromatic nitrogens is 3. The van der Waals surface area contributed by atoms with Crippen molar-refractivity contribution in [1.82, 2.24) is 25.6 Å². The molecule has 3 N–H and O–H groups in total. The number of carbonyl (C=O) groups excluding carboxylic acids is 1. The van der Waals surface area contributed by atoms with Crippen LogP contribution < -0.4 is 10.6 Å². The highest BCUT2D eigenvalue weighted by atomic mass is 16.4. The predicted molar refractivity (Wildman–Crippen MR) is 60.7 cm³/mol. The molecule has 0 saturated heterocycles. The van der Waals surface area contributed by atoms with E-state index in [1.807, 2.05) is 0 Å². The molecule has 18 heavy (non-hydrogen) atoms. The zero-order valence-electron chi connectivity index (χ0n) is 9.80. The highest BCUT2D eigenvalue weighted by molar-refractivity contribution is 5.74. The van der Waals surface area contributed by atoms with Crippen molar-refractivity contribution >= 4 is 12.0 Å². The van der Waals surface area contributed by atoms with Crippen molar-refractivity contribution < 1.29 is 14.7 Å². The maximum atomic E-state index is 11.4. The van der Waals surface area contributed by atoms with E-state index in [1.165, 1.54) is 10.9 Å². The molecule has 8 heteroatoms. The first-order valence-corrected chi connectivity index (χ1v) is 5.78. The van der Waals surface area contributed by atoms with Gasteiger partial charge in [0.1, 0.15) is 12.2 Å². The minimum atomic E-state index is -0.984. The number of rotatable bonds is 5. The van der Waals surface area contributed by atoms with E-state index in [1.54, 1.807) is 0 Å². The third-order valence-electron chi connectivity index (χ3n) is 2.75. The van der Waals surface area contributed by atoms with Crippen LogP contribution in [-0.2, 0) is 17.9 Å².